The number of hydrogen-bond acceptors (Lipinski definition) is 4. The molecule has 0 bridgehead atoms. The lowest BCUT2D eigenvalue weighted by molar-refractivity contribution is 0.0578. The van der Waals surface area contributed by atoms with Crippen LogP contribution in [-0.4, -0.2) is 35.5 Å². The van der Waals surface area contributed by atoms with Crippen molar-refractivity contribution in [1.82, 2.24) is 0 Å². The minimum Gasteiger partial charge on any atom is -0.443 e. The molecule has 0 radical (unpaired) electrons. The highest BCUT2D eigenvalue weighted by Crippen LogP contribution is 2.32. The molecule has 1 amide bonds. The second-order valence-electron chi connectivity index (χ2n) is 8.23. The highest BCUT2D eigenvalue weighted by atomic mass is 16.6. The molecule has 3 rings (SSSR count). The van der Waals surface area contributed by atoms with E-state index in [1.54, 1.807) is 4.90 Å². The minimum absolute atomic E-state index is 0.135. The summed E-state index contributed by atoms with van der Waals surface area (Å²) in [5, 5.41) is 13.2. The van der Waals surface area contributed by atoms with Crippen LogP contribution in [0, 0.1) is 0 Å². The maximum Gasteiger partial charge on any atom is 0.414 e. The summed E-state index contributed by atoms with van der Waals surface area (Å²) in [7, 11) is 0. The summed E-state index contributed by atoms with van der Waals surface area (Å²) in [5.41, 5.74) is 2.77. The number of ether oxygens (including phenoxy) is 1. The number of carbonyl (C=O) groups is 1. The summed E-state index contributed by atoms with van der Waals surface area (Å²) in [6.45, 7) is 6.38. The fourth-order valence-electron chi connectivity index (χ4n) is 3.65. The topological polar surface area (TPSA) is 61.8 Å². The SMILES string of the molecule is CC(C)(C)OC(=O)N1CCCc2cc(NC3CCC(O)CC3)ccc21. The first-order chi connectivity index (χ1) is 11.8. The minimum atomic E-state index is -0.484. The van der Waals surface area contributed by atoms with Crippen LogP contribution in [0.15, 0.2) is 18.2 Å². The Morgan fingerprint density at radius 1 is 1.24 bits per heavy atom. The van der Waals surface area contributed by atoms with Crippen molar-refractivity contribution in [2.45, 2.75) is 77.0 Å². The largest absolute Gasteiger partial charge is 0.443 e. The third kappa shape index (κ3) is 4.66. The van der Waals surface area contributed by atoms with Gasteiger partial charge >= 0.3 is 6.09 Å². The number of aryl methyl sites for hydroxylation is 1. The summed E-state index contributed by atoms with van der Waals surface area (Å²) in [4.78, 5) is 14.2. The maximum atomic E-state index is 12.5. The summed E-state index contributed by atoms with van der Waals surface area (Å²) < 4.78 is 5.54. The summed E-state index contributed by atoms with van der Waals surface area (Å²) in [6, 6.07) is 6.66. The number of nitrogens with zero attached hydrogens (tertiary/aromatic N) is 1. The van der Waals surface area contributed by atoms with Gasteiger partial charge in [-0.3, -0.25) is 4.90 Å². The Morgan fingerprint density at radius 2 is 1.96 bits per heavy atom. The molecule has 138 valence electrons. The number of aliphatic hydroxyl groups excluding tert-OH is 1. The van der Waals surface area contributed by atoms with Crippen LogP contribution < -0.4 is 10.2 Å². The number of nitrogens with one attached hydrogen (secondary N) is 1. The van der Waals surface area contributed by atoms with Gasteiger partial charge in [-0.2, -0.15) is 0 Å². The lowest BCUT2D eigenvalue weighted by atomic mass is 9.92. The van der Waals surface area contributed by atoms with Gasteiger partial charge in [0.1, 0.15) is 5.60 Å². The van der Waals surface area contributed by atoms with E-state index in [0.717, 1.165) is 49.9 Å². The summed E-state index contributed by atoms with van der Waals surface area (Å²) in [6.07, 6.45) is 5.27. The van der Waals surface area contributed by atoms with Crippen LogP contribution >= 0.6 is 0 Å². The molecule has 0 unspecified atom stereocenters. The van der Waals surface area contributed by atoms with Crippen molar-refractivity contribution in [2.24, 2.45) is 0 Å². The Kier molecular flexibility index (Phi) is 5.23. The second-order valence-corrected chi connectivity index (χ2v) is 8.23. The van der Waals surface area contributed by atoms with Gasteiger partial charge in [-0.1, -0.05) is 0 Å². The molecule has 25 heavy (non-hydrogen) atoms. The van der Waals surface area contributed by atoms with E-state index in [0.29, 0.717) is 12.6 Å². The zero-order valence-electron chi connectivity index (χ0n) is 15.5. The van der Waals surface area contributed by atoms with Gasteiger partial charge in [0, 0.05) is 18.3 Å². The van der Waals surface area contributed by atoms with Crippen molar-refractivity contribution in [3.63, 3.8) is 0 Å². The normalized spacial score (nSPS) is 23.8. The first-order valence-electron chi connectivity index (χ1n) is 9.40. The van der Waals surface area contributed by atoms with Crippen LogP contribution in [0.2, 0.25) is 0 Å². The van der Waals surface area contributed by atoms with E-state index >= 15 is 0 Å². The van der Waals surface area contributed by atoms with Gasteiger partial charge in [-0.25, -0.2) is 4.79 Å². The number of rotatable bonds is 2. The standard InChI is InChI=1S/C20H30N2O3/c1-20(2,3)25-19(24)22-12-4-5-14-13-16(8-11-18(14)22)21-15-6-9-17(23)10-7-15/h8,11,13,15,17,21,23H,4-7,9-10,12H2,1-3H3. The predicted molar refractivity (Wildman–Crippen MR) is 100 cm³/mol. The Morgan fingerprint density at radius 3 is 2.64 bits per heavy atom. The molecule has 1 aliphatic carbocycles. The van der Waals surface area contributed by atoms with Gasteiger partial charge in [0.25, 0.3) is 0 Å². The number of aliphatic hydroxyl groups is 1. The van der Waals surface area contributed by atoms with Gasteiger partial charge in [0.2, 0.25) is 0 Å². The average Bonchev–Trinajstić information content (AvgIpc) is 2.54. The lowest BCUT2D eigenvalue weighted by Crippen LogP contribution is -2.39. The van der Waals surface area contributed by atoms with Crippen molar-refractivity contribution in [3.05, 3.63) is 23.8 Å². The quantitative estimate of drug-likeness (QED) is 0.847. The summed E-state index contributed by atoms with van der Waals surface area (Å²) >= 11 is 0. The van der Waals surface area contributed by atoms with Crippen LogP contribution in [0.1, 0.15) is 58.4 Å². The van der Waals surface area contributed by atoms with E-state index in [2.05, 4.69) is 11.4 Å². The number of anilines is 2. The maximum absolute atomic E-state index is 12.5. The Hall–Kier alpha value is -1.75. The van der Waals surface area contributed by atoms with Crippen molar-refractivity contribution in [3.8, 4) is 0 Å². The van der Waals surface area contributed by atoms with Crippen molar-refractivity contribution in [1.29, 1.82) is 0 Å². The molecule has 2 N–H and O–H groups in total. The molecule has 0 saturated heterocycles. The molecule has 1 aromatic rings. The van der Waals surface area contributed by atoms with E-state index in [1.165, 1.54) is 5.56 Å². The average molecular weight is 346 g/mol. The number of hydrogen-bond donors (Lipinski definition) is 2. The number of amides is 1. The predicted octanol–water partition coefficient (Wildman–Crippen LogP) is 4.09. The van der Waals surface area contributed by atoms with Gasteiger partial charge in [-0.15, -0.1) is 0 Å². The van der Waals surface area contributed by atoms with Crippen molar-refractivity contribution >= 4 is 17.5 Å². The van der Waals surface area contributed by atoms with Gasteiger partial charge in [0.05, 0.1) is 11.8 Å². The van der Waals surface area contributed by atoms with E-state index in [9.17, 15) is 9.90 Å². The number of benzene rings is 1. The number of carbonyl (C=O) groups excluding carboxylic acids is 1. The van der Waals surface area contributed by atoms with Gasteiger partial charge in [0.15, 0.2) is 0 Å². The van der Waals surface area contributed by atoms with Crippen LogP contribution in [0.25, 0.3) is 0 Å². The molecule has 2 aliphatic rings. The first-order valence-corrected chi connectivity index (χ1v) is 9.40. The third-order valence-corrected chi connectivity index (χ3v) is 4.88. The monoisotopic (exact) mass is 346 g/mol. The van der Waals surface area contributed by atoms with Gasteiger partial charge < -0.3 is 15.2 Å². The van der Waals surface area contributed by atoms with Crippen molar-refractivity contribution < 1.29 is 14.6 Å². The van der Waals surface area contributed by atoms with E-state index < -0.39 is 5.60 Å². The molecule has 0 atom stereocenters. The van der Waals surface area contributed by atoms with Crippen LogP contribution in [0.4, 0.5) is 16.2 Å². The molecule has 0 aromatic heterocycles. The molecule has 1 fully saturated rings. The second kappa shape index (κ2) is 7.24. The zero-order valence-corrected chi connectivity index (χ0v) is 15.5. The highest BCUT2D eigenvalue weighted by Gasteiger charge is 2.27. The fraction of sp³-hybridized carbons (Fsp3) is 0.650. The van der Waals surface area contributed by atoms with E-state index in [-0.39, 0.29) is 12.2 Å². The first kappa shape index (κ1) is 18.1. The molecule has 5 heteroatoms. The molecule has 0 spiro atoms. The Balaban J connectivity index is 1.70. The Bertz CT molecular complexity index is 616. The van der Waals surface area contributed by atoms with Gasteiger partial charge in [-0.05, 0) is 83.1 Å². The molecule has 1 heterocycles. The smallest absolute Gasteiger partial charge is 0.414 e. The van der Waals surface area contributed by atoms with E-state index in [4.69, 9.17) is 4.74 Å². The molecular weight excluding hydrogens is 316 g/mol. The fourth-order valence-corrected chi connectivity index (χ4v) is 3.65. The number of fused-ring (bicyclic) bond motifs is 1. The molecule has 1 saturated carbocycles. The lowest BCUT2D eigenvalue weighted by Gasteiger charge is -2.32. The summed E-state index contributed by atoms with van der Waals surface area (Å²) in [5.74, 6) is 0. The molecule has 1 aliphatic heterocycles. The molecule has 1 aromatic carbocycles. The third-order valence-electron chi connectivity index (χ3n) is 4.88. The van der Waals surface area contributed by atoms with Crippen LogP contribution in [-0.2, 0) is 11.2 Å². The Labute approximate surface area is 150 Å². The van der Waals surface area contributed by atoms with E-state index in [1.807, 2.05) is 32.9 Å². The van der Waals surface area contributed by atoms with Crippen molar-refractivity contribution in [2.75, 3.05) is 16.8 Å². The van der Waals surface area contributed by atoms with Crippen LogP contribution in [0.3, 0.4) is 0 Å². The zero-order chi connectivity index (χ0) is 18.0. The molecular formula is C20H30N2O3. The van der Waals surface area contributed by atoms with Crippen LogP contribution in [0.5, 0.6) is 0 Å². The highest BCUT2D eigenvalue weighted by molar-refractivity contribution is 5.90. The molecule has 5 nitrogen and oxygen atoms in total.